The van der Waals surface area contributed by atoms with E-state index >= 15 is 0 Å². The summed E-state index contributed by atoms with van der Waals surface area (Å²) in [5, 5.41) is 0. The van der Waals surface area contributed by atoms with E-state index in [1.165, 1.54) is 0 Å². The predicted octanol–water partition coefficient (Wildman–Crippen LogP) is 2.88. The molecule has 0 saturated heterocycles. The zero-order valence-corrected chi connectivity index (χ0v) is 7.22. The smallest absolute Gasteiger partial charge is 0.0902 e. The van der Waals surface area contributed by atoms with Gasteiger partial charge in [-0.2, -0.15) is 11.8 Å². The van der Waals surface area contributed by atoms with E-state index in [9.17, 15) is 4.39 Å². The number of hydrogen-bond donors (Lipinski definition) is 0. The van der Waals surface area contributed by atoms with E-state index < -0.39 is 0 Å². The molecule has 0 unspecified atom stereocenters. The van der Waals surface area contributed by atoms with E-state index in [0.717, 1.165) is 5.75 Å². The van der Waals surface area contributed by atoms with Gasteiger partial charge in [-0.3, -0.25) is 4.39 Å². The van der Waals surface area contributed by atoms with Crippen molar-refractivity contribution in [2.45, 2.75) is 31.9 Å². The SMILES string of the molecule is CC(C)(C)SCCC[18F]. The number of thioether (sulfide) groups is 1. The van der Waals surface area contributed by atoms with E-state index in [1.54, 1.807) is 0 Å². The molecule has 0 heterocycles. The summed E-state index contributed by atoms with van der Waals surface area (Å²) in [7, 11) is 0. The van der Waals surface area contributed by atoms with Crippen LogP contribution in [0.15, 0.2) is 0 Å². The van der Waals surface area contributed by atoms with Gasteiger partial charge in [0.05, 0.1) is 6.67 Å². The van der Waals surface area contributed by atoms with Crippen LogP contribution in [0.5, 0.6) is 0 Å². The number of halogens is 1. The van der Waals surface area contributed by atoms with Crippen LogP contribution in [0.3, 0.4) is 0 Å². The molecule has 56 valence electrons. The summed E-state index contributed by atoms with van der Waals surface area (Å²) in [4.78, 5) is 0. The van der Waals surface area contributed by atoms with Crippen LogP contribution in [0.2, 0.25) is 0 Å². The summed E-state index contributed by atoms with van der Waals surface area (Å²) >= 11 is 1.82. The molecule has 2 heteroatoms. The van der Waals surface area contributed by atoms with Gasteiger partial charge < -0.3 is 0 Å². The first-order chi connectivity index (χ1) is 4.06. The van der Waals surface area contributed by atoms with Crippen molar-refractivity contribution in [1.29, 1.82) is 0 Å². The molecule has 0 saturated carbocycles. The quantitative estimate of drug-likeness (QED) is 0.556. The first kappa shape index (κ1) is 9.28. The molecule has 0 aromatic heterocycles. The largest absolute Gasteiger partial charge is 0.251 e. The lowest BCUT2D eigenvalue weighted by Gasteiger charge is -2.16. The monoisotopic (exact) mass is 149 g/mol. The molecule has 0 radical (unpaired) electrons. The summed E-state index contributed by atoms with van der Waals surface area (Å²) in [6.07, 6.45) is 0.696. The van der Waals surface area contributed by atoms with Crippen molar-refractivity contribution in [3.8, 4) is 0 Å². The molecule has 0 nitrogen and oxygen atoms in total. The highest BCUT2D eigenvalue weighted by Gasteiger charge is 2.08. The number of hydrogen-bond acceptors (Lipinski definition) is 1. The Morgan fingerprint density at radius 3 is 2.22 bits per heavy atom. The van der Waals surface area contributed by atoms with Gasteiger partial charge >= 0.3 is 0 Å². The van der Waals surface area contributed by atoms with Crippen LogP contribution >= 0.6 is 11.8 Å². The average molecular weight is 149 g/mol. The van der Waals surface area contributed by atoms with E-state index in [0.29, 0.717) is 11.2 Å². The molecule has 0 bridgehead atoms. The van der Waals surface area contributed by atoms with Crippen LogP contribution in [0.4, 0.5) is 4.39 Å². The molecule has 0 amide bonds. The van der Waals surface area contributed by atoms with Crippen LogP contribution in [0.1, 0.15) is 27.2 Å². The Balaban J connectivity index is 3.07. The Morgan fingerprint density at radius 2 is 1.89 bits per heavy atom. The molecule has 0 aliphatic rings. The van der Waals surface area contributed by atoms with Crippen molar-refractivity contribution >= 4 is 11.8 Å². The highest BCUT2D eigenvalue weighted by atomic mass is 32.2. The van der Waals surface area contributed by atoms with E-state index in [-0.39, 0.29) is 6.67 Å². The highest BCUT2D eigenvalue weighted by Crippen LogP contribution is 2.23. The third-order valence-electron chi connectivity index (χ3n) is 0.813. The van der Waals surface area contributed by atoms with E-state index in [1.807, 2.05) is 11.8 Å². The first-order valence-corrected chi connectivity index (χ1v) is 4.25. The molecule has 0 aromatic rings. The molecule has 0 spiro atoms. The van der Waals surface area contributed by atoms with Gasteiger partial charge in [0.15, 0.2) is 0 Å². The molecule has 0 N–H and O–H groups in total. The second-order valence-corrected chi connectivity index (χ2v) is 4.93. The van der Waals surface area contributed by atoms with Crippen molar-refractivity contribution in [3.05, 3.63) is 0 Å². The molecule has 0 fully saturated rings. The molecule has 0 aliphatic carbocycles. The van der Waals surface area contributed by atoms with Gasteiger partial charge in [-0.15, -0.1) is 0 Å². The molecule has 9 heavy (non-hydrogen) atoms. The lowest BCUT2D eigenvalue weighted by molar-refractivity contribution is 0.489. The third kappa shape index (κ3) is 8.28. The Labute approximate surface area is 61.2 Å². The molecular weight excluding hydrogens is 134 g/mol. The summed E-state index contributed by atoms with van der Waals surface area (Å²) in [6.45, 7) is 6.27. The second-order valence-electron chi connectivity index (χ2n) is 3.00. The molecule has 0 rings (SSSR count). The molecule has 0 atom stereocenters. The Bertz CT molecular complexity index is 65.8. The van der Waals surface area contributed by atoms with Gasteiger partial charge in [0.1, 0.15) is 0 Å². The maximum absolute atomic E-state index is 11.6. The summed E-state index contributed by atoms with van der Waals surface area (Å²) < 4.78 is 11.9. The Kier molecular flexibility index (Phi) is 4.28. The maximum atomic E-state index is 11.6. The Morgan fingerprint density at radius 1 is 1.33 bits per heavy atom. The Hall–Kier alpha value is 0.280. The number of rotatable bonds is 3. The fourth-order valence-corrected chi connectivity index (χ4v) is 1.30. The van der Waals surface area contributed by atoms with Gasteiger partial charge in [0, 0.05) is 4.75 Å². The number of alkyl halides is 1. The molecule has 0 aromatic carbocycles. The van der Waals surface area contributed by atoms with Crippen LogP contribution in [0, 0.1) is 0 Å². The lowest BCUT2D eigenvalue weighted by atomic mass is 10.3. The van der Waals surface area contributed by atoms with Crippen molar-refractivity contribution < 1.29 is 4.39 Å². The van der Waals surface area contributed by atoms with Gasteiger partial charge in [-0.05, 0) is 12.2 Å². The van der Waals surface area contributed by atoms with Crippen molar-refractivity contribution in [2.24, 2.45) is 0 Å². The van der Waals surface area contributed by atoms with Crippen molar-refractivity contribution in [3.63, 3.8) is 0 Å². The zero-order valence-electron chi connectivity index (χ0n) is 6.41. The van der Waals surface area contributed by atoms with Crippen LogP contribution < -0.4 is 0 Å². The summed E-state index contributed by atoms with van der Waals surface area (Å²) in [5.74, 6) is 0.944. The highest BCUT2D eigenvalue weighted by molar-refractivity contribution is 8.00. The van der Waals surface area contributed by atoms with Crippen LogP contribution in [0.25, 0.3) is 0 Å². The van der Waals surface area contributed by atoms with Gasteiger partial charge in [-0.25, -0.2) is 0 Å². The molecular formula is C7H15FS. The minimum Gasteiger partial charge on any atom is -0.251 e. The van der Waals surface area contributed by atoms with Crippen molar-refractivity contribution in [1.82, 2.24) is 0 Å². The third-order valence-corrected chi connectivity index (χ3v) is 2.17. The first-order valence-electron chi connectivity index (χ1n) is 3.26. The average Bonchev–Trinajstić information content (AvgIpc) is 1.63. The van der Waals surface area contributed by atoms with Crippen LogP contribution in [-0.4, -0.2) is 17.2 Å². The zero-order chi connectivity index (χ0) is 7.33. The normalized spacial score (nSPS) is 12.0. The topological polar surface area (TPSA) is 0 Å². The standard InChI is InChI=1S/C7H15FS/c1-7(2,3)9-6-4-5-8/h4-6H2,1-3H3/i8-1. The fourth-order valence-electron chi connectivity index (χ4n) is 0.433. The van der Waals surface area contributed by atoms with E-state index in [4.69, 9.17) is 0 Å². The maximum Gasteiger partial charge on any atom is 0.0902 e. The predicted molar refractivity (Wildman–Crippen MR) is 42.8 cm³/mol. The minimum atomic E-state index is -0.178. The van der Waals surface area contributed by atoms with Gasteiger partial charge in [0.2, 0.25) is 0 Å². The van der Waals surface area contributed by atoms with Gasteiger partial charge in [0.25, 0.3) is 0 Å². The van der Waals surface area contributed by atoms with E-state index in [2.05, 4.69) is 20.8 Å². The fraction of sp³-hybridized carbons (Fsp3) is 1.00. The summed E-state index contributed by atoms with van der Waals surface area (Å²) in [6, 6.07) is 0. The van der Waals surface area contributed by atoms with Crippen molar-refractivity contribution in [2.75, 3.05) is 12.4 Å². The summed E-state index contributed by atoms with van der Waals surface area (Å²) in [5.41, 5.74) is 0. The second kappa shape index (κ2) is 4.15. The van der Waals surface area contributed by atoms with Gasteiger partial charge in [-0.1, -0.05) is 20.8 Å². The minimum absolute atomic E-state index is 0.178. The molecule has 0 aliphatic heterocycles. The van der Waals surface area contributed by atoms with Crippen LogP contribution in [-0.2, 0) is 0 Å². The lowest BCUT2D eigenvalue weighted by Crippen LogP contribution is -2.08.